The van der Waals surface area contributed by atoms with E-state index in [4.69, 9.17) is 9.57 Å². The number of amides is 2. The molecule has 3 aromatic rings. The Labute approximate surface area is 197 Å². The average molecular weight is 517 g/mol. The van der Waals surface area contributed by atoms with E-state index in [1.165, 1.54) is 6.07 Å². The fourth-order valence-electron chi connectivity index (χ4n) is 3.48. The molecule has 2 amide bonds. The zero-order valence-electron chi connectivity index (χ0n) is 17.5. The van der Waals surface area contributed by atoms with Gasteiger partial charge in [0.05, 0.1) is 18.6 Å². The molecule has 33 heavy (non-hydrogen) atoms. The lowest BCUT2D eigenvalue weighted by Gasteiger charge is -2.20. The Morgan fingerprint density at radius 2 is 2.03 bits per heavy atom. The van der Waals surface area contributed by atoms with Gasteiger partial charge in [0.1, 0.15) is 23.1 Å². The van der Waals surface area contributed by atoms with Crippen molar-refractivity contribution >= 4 is 43.5 Å². The summed E-state index contributed by atoms with van der Waals surface area (Å²) in [4.78, 5) is 30.6. The second kappa shape index (κ2) is 10.5. The lowest BCUT2D eigenvalue weighted by Crippen LogP contribution is -2.50. The van der Waals surface area contributed by atoms with Crippen LogP contribution in [-0.4, -0.2) is 39.9 Å². The minimum absolute atomic E-state index is 0.0694. The van der Waals surface area contributed by atoms with Crippen LogP contribution in [0.25, 0.3) is 10.9 Å². The summed E-state index contributed by atoms with van der Waals surface area (Å²) in [6.07, 6.45) is 1.19. The average Bonchev–Trinajstić information content (AvgIpc) is 3.43. The van der Waals surface area contributed by atoms with E-state index in [2.05, 4.69) is 31.7 Å². The van der Waals surface area contributed by atoms with E-state index in [0.717, 1.165) is 5.56 Å². The predicted molar refractivity (Wildman–Crippen MR) is 124 cm³/mol. The third-order valence-electron chi connectivity index (χ3n) is 5.16. The number of nitrogens with zero attached hydrogens (tertiary/aromatic N) is 2. The molecule has 0 radical (unpaired) electrons. The summed E-state index contributed by atoms with van der Waals surface area (Å²) in [6.45, 7) is 0.376. The van der Waals surface area contributed by atoms with Gasteiger partial charge in [0.25, 0.3) is 0 Å². The first-order valence-electron chi connectivity index (χ1n) is 10.4. The molecule has 2 unspecified atom stereocenters. The summed E-state index contributed by atoms with van der Waals surface area (Å²) in [7, 11) is 0. The van der Waals surface area contributed by atoms with Gasteiger partial charge in [-0.25, -0.2) is 9.18 Å². The molecule has 2 aromatic carbocycles. The van der Waals surface area contributed by atoms with Crippen LogP contribution >= 0.6 is 15.9 Å². The SMILES string of the molecule is O=C(NC(Cn1ccc2c(F)cccc21)C(=O)NCC1CC(Br)=NO1)OCc1ccccc1. The minimum Gasteiger partial charge on any atom is -0.445 e. The van der Waals surface area contributed by atoms with Crippen molar-refractivity contribution in [3.8, 4) is 0 Å². The second-order valence-corrected chi connectivity index (χ2v) is 8.46. The van der Waals surface area contributed by atoms with Crippen LogP contribution < -0.4 is 10.6 Å². The summed E-state index contributed by atoms with van der Waals surface area (Å²) in [5.41, 5.74) is 1.44. The van der Waals surface area contributed by atoms with Crippen molar-refractivity contribution in [1.29, 1.82) is 0 Å². The Morgan fingerprint density at radius 3 is 2.79 bits per heavy atom. The second-order valence-electron chi connectivity index (χ2n) is 7.54. The number of halogens is 2. The van der Waals surface area contributed by atoms with E-state index in [9.17, 15) is 14.0 Å². The molecule has 172 valence electrons. The fourth-order valence-corrected chi connectivity index (χ4v) is 3.93. The molecule has 0 bridgehead atoms. The molecule has 8 nitrogen and oxygen atoms in total. The molecule has 0 saturated carbocycles. The van der Waals surface area contributed by atoms with Crippen LogP contribution in [0.4, 0.5) is 9.18 Å². The zero-order chi connectivity index (χ0) is 23.2. The van der Waals surface area contributed by atoms with Crippen molar-refractivity contribution in [1.82, 2.24) is 15.2 Å². The number of nitrogens with one attached hydrogen (secondary N) is 2. The monoisotopic (exact) mass is 516 g/mol. The number of oxime groups is 1. The topological polar surface area (TPSA) is 94.0 Å². The van der Waals surface area contributed by atoms with Crippen molar-refractivity contribution in [3.63, 3.8) is 0 Å². The van der Waals surface area contributed by atoms with Gasteiger partial charge in [-0.05, 0) is 39.7 Å². The van der Waals surface area contributed by atoms with Gasteiger partial charge in [0, 0.05) is 18.0 Å². The van der Waals surface area contributed by atoms with E-state index in [1.807, 2.05) is 30.3 Å². The maximum atomic E-state index is 14.1. The lowest BCUT2D eigenvalue weighted by atomic mass is 10.2. The third-order valence-corrected chi connectivity index (χ3v) is 5.63. The van der Waals surface area contributed by atoms with Crippen molar-refractivity contribution in [2.45, 2.75) is 31.7 Å². The smallest absolute Gasteiger partial charge is 0.408 e. The molecule has 2 atom stereocenters. The Kier molecular flexibility index (Phi) is 7.23. The van der Waals surface area contributed by atoms with Crippen molar-refractivity contribution in [2.75, 3.05) is 6.54 Å². The number of carbonyl (C=O) groups is 2. The van der Waals surface area contributed by atoms with Crippen LogP contribution in [0.15, 0.2) is 65.9 Å². The van der Waals surface area contributed by atoms with Gasteiger partial charge in [-0.3, -0.25) is 4.79 Å². The maximum absolute atomic E-state index is 14.1. The van der Waals surface area contributed by atoms with Gasteiger partial charge >= 0.3 is 6.09 Å². The molecule has 0 spiro atoms. The van der Waals surface area contributed by atoms with E-state index in [-0.39, 0.29) is 31.6 Å². The first-order chi connectivity index (χ1) is 16.0. The Balaban J connectivity index is 1.44. The fraction of sp³-hybridized carbons (Fsp3) is 0.261. The van der Waals surface area contributed by atoms with Crippen LogP contribution in [0.1, 0.15) is 12.0 Å². The van der Waals surface area contributed by atoms with Crippen LogP contribution in [0.5, 0.6) is 0 Å². The molecule has 2 N–H and O–H groups in total. The maximum Gasteiger partial charge on any atom is 0.408 e. The van der Waals surface area contributed by atoms with Gasteiger partial charge in [-0.1, -0.05) is 41.6 Å². The molecule has 2 heterocycles. The van der Waals surface area contributed by atoms with Crippen LogP contribution in [0, 0.1) is 5.82 Å². The number of hydrogen-bond acceptors (Lipinski definition) is 5. The highest BCUT2D eigenvalue weighted by atomic mass is 79.9. The van der Waals surface area contributed by atoms with Gasteiger partial charge in [0.2, 0.25) is 5.91 Å². The van der Waals surface area contributed by atoms with Crippen molar-refractivity contribution < 1.29 is 23.6 Å². The Bertz CT molecular complexity index is 1170. The quantitative estimate of drug-likeness (QED) is 0.477. The van der Waals surface area contributed by atoms with E-state index in [1.54, 1.807) is 29.0 Å². The Hall–Kier alpha value is -3.40. The summed E-state index contributed by atoms with van der Waals surface area (Å²) in [5.74, 6) is -0.775. The molecule has 0 fully saturated rings. The highest BCUT2D eigenvalue weighted by Crippen LogP contribution is 2.19. The molecule has 0 aliphatic carbocycles. The van der Waals surface area contributed by atoms with Gasteiger partial charge in [-0.2, -0.15) is 0 Å². The van der Waals surface area contributed by atoms with Crippen LogP contribution in [-0.2, 0) is 27.5 Å². The lowest BCUT2D eigenvalue weighted by molar-refractivity contribution is -0.124. The van der Waals surface area contributed by atoms with E-state index < -0.39 is 18.0 Å². The van der Waals surface area contributed by atoms with Crippen molar-refractivity contribution in [3.05, 3.63) is 72.2 Å². The summed E-state index contributed by atoms with van der Waals surface area (Å²) in [6, 6.07) is 14.6. The number of benzene rings is 2. The normalized spacial score (nSPS) is 16.1. The number of rotatable bonds is 8. The van der Waals surface area contributed by atoms with Gasteiger partial charge in [0.15, 0.2) is 6.10 Å². The minimum atomic E-state index is -0.960. The number of carbonyl (C=O) groups excluding carboxylic acids is 2. The summed E-state index contributed by atoms with van der Waals surface area (Å²) >= 11 is 3.26. The molecule has 0 saturated heterocycles. The summed E-state index contributed by atoms with van der Waals surface area (Å²) in [5, 5.41) is 9.64. The molecular weight excluding hydrogens is 495 g/mol. The van der Waals surface area contributed by atoms with E-state index in [0.29, 0.717) is 21.9 Å². The summed E-state index contributed by atoms with van der Waals surface area (Å²) < 4.78 is 21.7. The van der Waals surface area contributed by atoms with Gasteiger partial charge in [-0.15, -0.1) is 0 Å². The molecule has 10 heteroatoms. The van der Waals surface area contributed by atoms with E-state index >= 15 is 0 Å². The van der Waals surface area contributed by atoms with Crippen LogP contribution in [0.2, 0.25) is 0 Å². The molecule has 1 aliphatic heterocycles. The zero-order valence-corrected chi connectivity index (χ0v) is 19.1. The highest BCUT2D eigenvalue weighted by molar-refractivity contribution is 9.18. The number of alkyl carbamates (subject to hydrolysis) is 1. The number of aromatic nitrogens is 1. The highest BCUT2D eigenvalue weighted by Gasteiger charge is 2.26. The largest absolute Gasteiger partial charge is 0.445 e. The van der Waals surface area contributed by atoms with Gasteiger partial charge < -0.3 is 24.8 Å². The molecule has 1 aliphatic rings. The first kappa shape index (κ1) is 22.8. The first-order valence-corrected chi connectivity index (χ1v) is 11.2. The molecule has 1 aromatic heterocycles. The number of fused-ring (bicyclic) bond motifs is 1. The third kappa shape index (κ3) is 5.89. The standard InChI is InChI=1S/C23H22BrFN4O4/c24-21-11-16(33-28-21)12-26-22(30)19(27-23(31)32-14-15-5-2-1-3-6-15)13-29-10-9-17-18(25)7-4-8-20(17)29/h1-10,16,19H,11-14H2,(H,26,30)(H,27,31). The molecular formula is C23H22BrFN4O4. The Morgan fingerprint density at radius 1 is 1.21 bits per heavy atom. The molecule has 4 rings (SSSR count). The van der Waals surface area contributed by atoms with Crippen LogP contribution in [0.3, 0.4) is 0 Å². The van der Waals surface area contributed by atoms with Crippen molar-refractivity contribution in [2.24, 2.45) is 5.16 Å². The predicted octanol–water partition coefficient (Wildman–Crippen LogP) is 3.69. The number of hydrogen-bond donors (Lipinski definition) is 2. The number of ether oxygens (including phenoxy) is 1.